The molecule has 0 heterocycles. The number of carboxylic acid groups (broad SMARTS) is 2. The van der Waals surface area contributed by atoms with Crippen molar-refractivity contribution in [2.24, 2.45) is 11.7 Å². The summed E-state index contributed by atoms with van der Waals surface area (Å²) in [5, 5.41) is 39.2. The Labute approximate surface area is 460 Å². The molecule has 6 atom stereocenters. The molecule has 0 saturated heterocycles. The predicted molar refractivity (Wildman–Crippen MR) is 293 cm³/mol. The molecular weight excluding hydrogens is 1020 g/mol. The lowest BCUT2D eigenvalue weighted by Crippen LogP contribution is -2.56. The maximum Gasteiger partial charge on any atom is 0.326 e. The third-order valence-electron chi connectivity index (χ3n) is 12.5. The number of Topliss-reactive ketones (excluding diaryl/α,β-unsaturated/α-hetero) is 2. The monoisotopic (exact) mass is 1120 g/mol. The highest BCUT2D eigenvalue weighted by Crippen LogP contribution is 2.17. The number of carbonyl (C=O) groups excluding carboxylic acids is 6. The molecule has 0 fully saturated rings. The van der Waals surface area contributed by atoms with E-state index in [2.05, 4.69) is 32.1 Å². The minimum atomic E-state index is -1.21. The second-order valence-electron chi connectivity index (χ2n) is 19.6. The first kappa shape index (κ1) is 73.0. The van der Waals surface area contributed by atoms with Crippen LogP contribution in [0.25, 0.3) is 0 Å². The summed E-state index contributed by atoms with van der Waals surface area (Å²) in [6.07, 6.45) is 20.0. The van der Waals surface area contributed by atoms with Gasteiger partial charge in [0.25, 0.3) is 0 Å². The largest absolute Gasteiger partial charge is 0.481 e. The van der Waals surface area contributed by atoms with Gasteiger partial charge in [-0.3, -0.25) is 43.2 Å². The summed E-state index contributed by atoms with van der Waals surface area (Å²) in [6.45, 7) is 4.59. The van der Waals surface area contributed by atoms with Crippen LogP contribution in [0.15, 0.2) is 0 Å². The number of nitrogens with two attached hydrogens (primary N) is 1. The van der Waals surface area contributed by atoms with Crippen LogP contribution in [0.2, 0.25) is 0 Å². The van der Waals surface area contributed by atoms with E-state index in [1.54, 1.807) is 6.26 Å². The minimum Gasteiger partial charge on any atom is -0.481 e. The van der Waals surface area contributed by atoms with Gasteiger partial charge in [-0.2, -0.15) is 0 Å². The highest BCUT2D eigenvalue weighted by Gasteiger charge is 2.23. The molecule has 448 valence electrons. The summed E-state index contributed by atoms with van der Waals surface area (Å²) < 4.78 is 33.1. The van der Waals surface area contributed by atoms with Gasteiger partial charge in [0, 0.05) is 73.7 Å². The zero-order valence-electron chi connectivity index (χ0n) is 46.7. The Kier molecular flexibility index (Phi) is 47.6. The van der Waals surface area contributed by atoms with Gasteiger partial charge in [-0.25, -0.2) is 10.2 Å². The van der Waals surface area contributed by atoms with Crippen molar-refractivity contribution in [3.05, 3.63) is 0 Å². The van der Waals surface area contributed by atoms with Crippen LogP contribution in [0.1, 0.15) is 168 Å². The molecule has 0 aromatic rings. The highest BCUT2D eigenvalue weighted by molar-refractivity contribution is 7.84. The molecule has 0 spiro atoms. The van der Waals surface area contributed by atoms with Gasteiger partial charge in [0.1, 0.15) is 37.7 Å². The number of carboxylic acids is 2. The van der Waals surface area contributed by atoms with Gasteiger partial charge in [0.15, 0.2) is 5.78 Å². The number of aliphatic carboxylic acids is 2. The van der Waals surface area contributed by atoms with Gasteiger partial charge in [0.05, 0.1) is 45.7 Å². The Morgan fingerprint density at radius 2 is 1.13 bits per heavy atom. The number of amides is 4. The van der Waals surface area contributed by atoms with Gasteiger partial charge in [0.2, 0.25) is 23.6 Å². The number of nitrogens with one attached hydrogen (secondary N) is 6. The maximum absolute atomic E-state index is 13.2. The van der Waals surface area contributed by atoms with Crippen molar-refractivity contribution in [2.75, 3.05) is 91.0 Å². The van der Waals surface area contributed by atoms with Crippen LogP contribution in [-0.4, -0.2) is 182 Å². The van der Waals surface area contributed by atoms with Gasteiger partial charge >= 0.3 is 11.9 Å². The molecule has 0 aliphatic rings. The summed E-state index contributed by atoms with van der Waals surface area (Å²) in [5.74, 6) is -3.63. The first-order valence-electron chi connectivity index (χ1n) is 28.1. The molecule has 11 N–H and O–H groups in total. The first-order valence-corrected chi connectivity index (χ1v) is 29.8. The molecule has 0 aromatic heterocycles. The molecule has 0 aliphatic carbocycles. The second-order valence-corrected chi connectivity index (χ2v) is 21.1. The van der Waals surface area contributed by atoms with Crippen LogP contribution in [0.5, 0.6) is 0 Å². The molecule has 24 heteroatoms. The molecule has 1 unspecified atom stereocenters. The van der Waals surface area contributed by atoms with E-state index < -0.39 is 46.8 Å². The number of hydrazine groups is 1. The van der Waals surface area contributed by atoms with E-state index >= 15 is 0 Å². The summed E-state index contributed by atoms with van der Waals surface area (Å²) >= 11 is 0. The number of aliphatic hydroxyl groups is 1. The lowest BCUT2D eigenvalue weighted by Gasteiger charge is -2.23. The number of aliphatic hydroxyl groups excluding tert-OH is 1. The number of primary amides is 1. The normalized spacial score (nSPS) is 13.7. The van der Waals surface area contributed by atoms with Crippen molar-refractivity contribution in [3.63, 3.8) is 0 Å². The lowest BCUT2D eigenvalue weighted by atomic mass is 9.92. The van der Waals surface area contributed by atoms with Crippen molar-refractivity contribution >= 4 is 57.9 Å². The number of hydrogen-bond acceptors (Lipinski definition) is 17. The number of ketones is 2. The van der Waals surface area contributed by atoms with E-state index in [1.165, 1.54) is 45.4 Å². The first-order chi connectivity index (χ1) is 37.0. The molecular formula is C53H99N7O16S. The number of hydrogen-bond donors (Lipinski definition) is 10. The van der Waals surface area contributed by atoms with Gasteiger partial charge < -0.3 is 61.3 Å². The Balaban J connectivity index is 3.96. The predicted octanol–water partition coefficient (Wildman–Crippen LogP) is 2.74. The smallest absolute Gasteiger partial charge is 0.326 e. The van der Waals surface area contributed by atoms with E-state index in [0.29, 0.717) is 44.5 Å². The maximum atomic E-state index is 13.2. The zero-order valence-corrected chi connectivity index (χ0v) is 47.5. The third kappa shape index (κ3) is 46.6. The zero-order chi connectivity index (χ0) is 57.3. The molecule has 23 nitrogen and oxygen atoms in total. The van der Waals surface area contributed by atoms with Crippen molar-refractivity contribution in [3.8, 4) is 0 Å². The molecule has 77 heavy (non-hydrogen) atoms. The summed E-state index contributed by atoms with van der Waals surface area (Å²) in [6, 6.07) is -2.40. The number of rotatable bonds is 57. The molecule has 4 amide bonds. The van der Waals surface area contributed by atoms with Crippen LogP contribution in [0, 0.1) is 5.92 Å². The van der Waals surface area contributed by atoms with Crippen molar-refractivity contribution in [1.82, 2.24) is 32.1 Å². The van der Waals surface area contributed by atoms with Gasteiger partial charge in [-0.1, -0.05) is 96.8 Å². The summed E-state index contributed by atoms with van der Waals surface area (Å²) in [4.78, 5) is 95.9. The molecule has 0 bridgehead atoms. The average molecular weight is 1120 g/mol. The van der Waals surface area contributed by atoms with Crippen molar-refractivity contribution < 1.29 is 76.8 Å². The number of ether oxygens (including phenoxy) is 4. The summed E-state index contributed by atoms with van der Waals surface area (Å²) in [5.41, 5.74) is 10.9. The quantitative estimate of drug-likeness (QED) is 0.0309. The van der Waals surface area contributed by atoms with Crippen LogP contribution >= 0.6 is 0 Å². The fourth-order valence-corrected chi connectivity index (χ4v) is 8.67. The number of carbonyl (C=O) groups is 8. The Bertz CT molecular complexity index is 1650. The average Bonchev–Trinajstić information content (AvgIpc) is 3.37. The molecule has 0 aliphatic heterocycles. The minimum absolute atomic E-state index is 0.0443. The van der Waals surface area contributed by atoms with Crippen LogP contribution in [-0.2, 0) is 68.1 Å². The van der Waals surface area contributed by atoms with Crippen LogP contribution < -0.4 is 37.9 Å². The Morgan fingerprint density at radius 3 is 1.65 bits per heavy atom. The Hall–Kier alpha value is -4.01. The fourth-order valence-electron chi connectivity index (χ4n) is 8.06. The van der Waals surface area contributed by atoms with Crippen LogP contribution in [0.4, 0.5) is 0 Å². The van der Waals surface area contributed by atoms with E-state index in [1.807, 2.05) is 6.92 Å². The van der Waals surface area contributed by atoms with Gasteiger partial charge in [-0.15, -0.1) is 0 Å². The standard InChI is InChI=1S/C53H99N7O16S/c1-4-21-42(46(63)37-57-43(27-35-77(3)72)36-58-60-51(41(2)61)52(54)69)22-19-20-28-55-48(65)39-75-32-31-73-30-29-56-49(66)40-76-34-33-74-38-44(62)25-26-45(53(70)71)59-47(64)23-17-15-13-11-9-7-5-6-8-10-12-14-16-18-24-50(67)68/h41-43,45,51,57-58,60-61H,4-40H2,1-3H3,(H2,54,69)(H,55,65)(H,56,66)(H,59,64)(H,67,68)(H,70,71)/t41-,42+,43+,45+,51+,77?/m1/s1. The van der Waals surface area contributed by atoms with Crippen LogP contribution in [0.3, 0.4) is 0 Å². The third-order valence-corrected chi connectivity index (χ3v) is 13.3. The van der Waals surface area contributed by atoms with Crippen molar-refractivity contribution in [2.45, 2.75) is 192 Å². The van der Waals surface area contributed by atoms with Crippen molar-refractivity contribution in [1.29, 1.82) is 0 Å². The summed E-state index contributed by atoms with van der Waals surface area (Å²) in [7, 11) is -1.03. The van der Waals surface area contributed by atoms with E-state index in [9.17, 15) is 52.8 Å². The SMILES string of the molecule is CCC[C@@H](CCCCNC(=O)COCCOCCNC(=O)COCCOCC(=O)CC[C@H](NC(=O)CCCCCCCCCCCCCCCCC(=O)O)C(=O)O)C(=O)CN[C@@H](CCS(C)=O)CNN[C@H](C(N)=O)[C@@H](C)O. The van der Waals surface area contributed by atoms with E-state index in [4.69, 9.17) is 29.8 Å². The molecule has 0 rings (SSSR count). The highest BCUT2D eigenvalue weighted by atomic mass is 32.2. The molecule has 0 aromatic carbocycles. The fraction of sp³-hybridized carbons (Fsp3) is 0.849. The topological polar surface area (TPSA) is 349 Å². The van der Waals surface area contributed by atoms with Gasteiger partial charge in [-0.05, 0) is 51.9 Å². The molecule has 0 saturated carbocycles. The van der Waals surface area contributed by atoms with E-state index in [-0.39, 0.29) is 133 Å². The van der Waals surface area contributed by atoms with E-state index in [0.717, 1.165) is 64.2 Å². The second kappa shape index (κ2) is 50.2. The Morgan fingerprint density at radius 1 is 0.597 bits per heavy atom. The molecule has 0 radical (unpaired) electrons. The number of unbranched alkanes of at least 4 members (excludes halogenated alkanes) is 14. The lowest BCUT2D eigenvalue weighted by molar-refractivity contribution is -0.142.